The molecule has 0 saturated carbocycles. The largest absolute Gasteiger partial charge is 0.395 e. The molecular formula is C12H18N4O4. The van der Waals surface area contributed by atoms with Crippen molar-refractivity contribution >= 4 is 17.6 Å². The van der Waals surface area contributed by atoms with Gasteiger partial charge in [0.25, 0.3) is 0 Å². The van der Waals surface area contributed by atoms with Gasteiger partial charge in [-0.05, 0) is 6.92 Å². The first-order chi connectivity index (χ1) is 9.60. The summed E-state index contributed by atoms with van der Waals surface area (Å²) in [5.74, 6) is -0.492. The number of aliphatic hydroxyl groups excluding tert-OH is 1. The van der Waals surface area contributed by atoms with Crippen LogP contribution in [0.4, 0.5) is 5.82 Å². The predicted molar refractivity (Wildman–Crippen MR) is 70.0 cm³/mol. The van der Waals surface area contributed by atoms with Gasteiger partial charge in [0.1, 0.15) is 5.76 Å². The van der Waals surface area contributed by atoms with Gasteiger partial charge in [0.2, 0.25) is 0 Å². The SMILES string of the molecule is Cc1cc(NC(=O)C(=O)N2CCN(CCO)CC2)no1. The van der Waals surface area contributed by atoms with Gasteiger partial charge in [-0.25, -0.2) is 0 Å². The Morgan fingerprint density at radius 1 is 1.40 bits per heavy atom. The van der Waals surface area contributed by atoms with Crippen LogP contribution in [-0.2, 0) is 9.59 Å². The number of anilines is 1. The molecule has 0 atom stereocenters. The number of aliphatic hydroxyl groups is 1. The Balaban J connectivity index is 1.84. The number of rotatable bonds is 3. The number of nitrogens with zero attached hydrogens (tertiary/aromatic N) is 3. The highest BCUT2D eigenvalue weighted by atomic mass is 16.5. The van der Waals surface area contributed by atoms with Crippen molar-refractivity contribution in [3.8, 4) is 0 Å². The molecule has 0 aliphatic carbocycles. The molecule has 1 fully saturated rings. The first-order valence-corrected chi connectivity index (χ1v) is 6.47. The third-order valence-electron chi connectivity index (χ3n) is 3.14. The van der Waals surface area contributed by atoms with Crippen LogP contribution in [0.15, 0.2) is 10.6 Å². The average Bonchev–Trinajstić information content (AvgIpc) is 2.84. The summed E-state index contributed by atoms with van der Waals surface area (Å²) in [5.41, 5.74) is 0. The summed E-state index contributed by atoms with van der Waals surface area (Å²) in [4.78, 5) is 27.3. The number of hydrogen-bond donors (Lipinski definition) is 2. The Kier molecular flexibility index (Phi) is 4.70. The van der Waals surface area contributed by atoms with Crippen LogP contribution < -0.4 is 5.32 Å². The van der Waals surface area contributed by atoms with E-state index in [0.717, 1.165) is 0 Å². The van der Waals surface area contributed by atoms with Gasteiger partial charge in [0.15, 0.2) is 5.82 Å². The van der Waals surface area contributed by atoms with Crippen LogP contribution in [0, 0.1) is 6.92 Å². The number of aryl methyl sites for hydroxylation is 1. The summed E-state index contributed by atoms with van der Waals surface area (Å²) in [6.45, 7) is 4.65. The summed E-state index contributed by atoms with van der Waals surface area (Å²) < 4.78 is 4.81. The number of piperazine rings is 1. The zero-order valence-electron chi connectivity index (χ0n) is 11.3. The molecule has 0 radical (unpaired) electrons. The number of carbonyl (C=O) groups is 2. The minimum absolute atomic E-state index is 0.0972. The molecule has 0 spiro atoms. The highest BCUT2D eigenvalue weighted by molar-refractivity contribution is 6.39. The third kappa shape index (κ3) is 3.55. The smallest absolute Gasteiger partial charge is 0.315 e. The Labute approximate surface area is 116 Å². The summed E-state index contributed by atoms with van der Waals surface area (Å²) in [5, 5.41) is 14.9. The minimum Gasteiger partial charge on any atom is -0.395 e. The van der Waals surface area contributed by atoms with Crippen molar-refractivity contribution in [3.05, 3.63) is 11.8 Å². The van der Waals surface area contributed by atoms with E-state index in [1.54, 1.807) is 13.0 Å². The molecule has 1 saturated heterocycles. The molecule has 8 nitrogen and oxygen atoms in total. The van der Waals surface area contributed by atoms with Gasteiger partial charge in [0, 0.05) is 38.8 Å². The molecule has 0 bridgehead atoms. The standard InChI is InChI=1S/C12H18N4O4/c1-9-8-10(14-20-9)13-11(18)12(19)16-4-2-15(3-5-16)6-7-17/h8,17H,2-7H2,1H3,(H,13,14,18). The maximum Gasteiger partial charge on any atom is 0.315 e. The fourth-order valence-corrected chi connectivity index (χ4v) is 2.05. The van der Waals surface area contributed by atoms with Crippen LogP contribution in [0.3, 0.4) is 0 Å². The summed E-state index contributed by atoms with van der Waals surface area (Å²) in [7, 11) is 0. The second kappa shape index (κ2) is 6.49. The van der Waals surface area contributed by atoms with E-state index in [4.69, 9.17) is 9.63 Å². The number of nitrogens with one attached hydrogen (secondary N) is 1. The molecule has 2 rings (SSSR count). The molecule has 110 valence electrons. The van der Waals surface area contributed by atoms with Crippen LogP contribution in [-0.4, -0.2) is 71.2 Å². The van der Waals surface area contributed by atoms with Crippen LogP contribution in [0.25, 0.3) is 0 Å². The fraction of sp³-hybridized carbons (Fsp3) is 0.583. The van der Waals surface area contributed by atoms with Crippen molar-refractivity contribution < 1.29 is 19.2 Å². The molecule has 1 aromatic rings. The summed E-state index contributed by atoms with van der Waals surface area (Å²) in [6.07, 6.45) is 0. The number of β-amino-alcohol motifs (C(OH)–C–C–N with tert-alkyl or cyclic N) is 1. The predicted octanol–water partition coefficient (Wildman–Crippen LogP) is -0.942. The lowest BCUT2D eigenvalue weighted by molar-refractivity contribution is -0.144. The van der Waals surface area contributed by atoms with Crippen molar-refractivity contribution in [2.75, 3.05) is 44.6 Å². The Morgan fingerprint density at radius 3 is 2.65 bits per heavy atom. The number of amides is 2. The molecule has 1 aliphatic heterocycles. The number of carbonyl (C=O) groups excluding carboxylic acids is 2. The zero-order chi connectivity index (χ0) is 14.5. The van der Waals surface area contributed by atoms with Gasteiger partial charge in [0.05, 0.1) is 6.61 Å². The highest BCUT2D eigenvalue weighted by Gasteiger charge is 2.26. The van der Waals surface area contributed by atoms with E-state index in [0.29, 0.717) is 38.5 Å². The molecule has 2 N–H and O–H groups in total. The average molecular weight is 282 g/mol. The number of aromatic nitrogens is 1. The van der Waals surface area contributed by atoms with E-state index in [2.05, 4.69) is 10.5 Å². The summed E-state index contributed by atoms with van der Waals surface area (Å²) in [6, 6.07) is 1.55. The molecule has 1 aromatic heterocycles. The van der Waals surface area contributed by atoms with E-state index < -0.39 is 11.8 Å². The Bertz CT molecular complexity index is 480. The molecule has 20 heavy (non-hydrogen) atoms. The Hall–Kier alpha value is -1.93. The second-order valence-electron chi connectivity index (χ2n) is 4.63. The van der Waals surface area contributed by atoms with Gasteiger partial charge in [-0.2, -0.15) is 0 Å². The topological polar surface area (TPSA) is 98.9 Å². The van der Waals surface area contributed by atoms with E-state index in [9.17, 15) is 9.59 Å². The lowest BCUT2D eigenvalue weighted by Crippen LogP contribution is -2.52. The lowest BCUT2D eigenvalue weighted by Gasteiger charge is -2.33. The number of hydrogen-bond acceptors (Lipinski definition) is 6. The van der Waals surface area contributed by atoms with Crippen molar-refractivity contribution in [3.63, 3.8) is 0 Å². The van der Waals surface area contributed by atoms with E-state index in [-0.39, 0.29) is 12.4 Å². The molecule has 0 unspecified atom stereocenters. The van der Waals surface area contributed by atoms with E-state index in [1.165, 1.54) is 4.90 Å². The van der Waals surface area contributed by atoms with Crippen LogP contribution in [0.5, 0.6) is 0 Å². The van der Waals surface area contributed by atoms with Gasteiger partial charge in [-0.3, -0.25) is 19.8 Å². The maximum absolute atomic E-state index is 12.0. The molecular weight excluding hydrogens is 264 g/mol. The van der Waals surface area contributed by atoms with Crippen LogP contribution >= 0.6 is 0 Å². The molecule has 2 amide bonds. The molecule has 2 heterocycles. The molecule has 1 aliphatic rings. The van der Waals surface area contributed by atoms with Crippen molar-refractivity contribution in [2.45, 2.75) is 6.92 Å². The minimum atomic E-state index is -0.714. The van der Waals surface area contributed by atoms with Crippen LogP contribution in [0.1, 0.15) is 5.76 Å². The monoisotopic (exact) mass is 282 g/mol. The van der Waals surface area contributed by atoms with Gasteiger partial charge >= 0.3 is 11.8 Å². The van der Waals surface area contributed by atoms with E-state index >= 15 is 0 Å². The van der Waals surface area contributed by atoms with Gasteiger partial charge in [-0.1, -0.05) is 5.16 Å². The van der Waals surface area contributed by atoms with Crippen molar-refractivity contribution in [1.29, 1.82) is 0 Å². The highest BCUT2D eigenvalue weighted by Crippen LogP contribution is 2.08. The quantitative estimate of drug-likeness (QED) is 0.694. The molecule has 0 aromatic carbocycles. The van der Waals surface area contributed by atoms with Gasteiger partial charge < -0.3 is 14.5 Å². The van der Waals surface area contributed by atoms with Crippen molar-refractivity contribution in [1.82, 2.24) is 15.0 Å². The first-order valence-electron chi connectivity index (χ1n) is 6.47. The molecule has 8 heteroatoms. The van der Waals surface area contributed by atoms with Crippen molar-refractivity contribution in [2.24, 2.45) is 0 Å². The Morgan fingerprint density at radius 2 is 2.10 bits per heavy atom. The van der Waals surface area contributed by atoms with Crippen LogP contribution in [0.2, 0.25) is 0 Å². The third-order valence-corrected chi connectivity index (χ3v) is 3.14. The van der Waals surface area contributed by atoms with Gasteiger partial charge in [-0.15, -0.1) is 0 Å². The summed E-state index contributed by atoms with van der Waals surface area (Å²) >= 11 is 0. The zero-order valence-corrected chi connectivity index (χ0v) is 11.3. The maximum atomic E-state index is 12.0. The fourth-order valence-electron chi connectivity index (χ4n) is 2.05. The lowest BCUT2D eigenvalue weighted by atomic mass is 10.3. The van der Waals surface area contributed by atoms with E-state index in [1.807, 2.05) is 4.90 Å². The first kappa shape index (κ1) is 14.5. The normalized spacial score (nSPS) is 16.2. The second-order valence-corrected chi connectivity index (χ2v) is 4.63.